The third kappa shape index (κ3) is 1.72. The first kappa shape index (κ1) is 9.09. The SMILES string of the molecule is CCOCc1cc2cc(N)ccc2[nH]1. The van der Waals surface area contributed by atoms with Crippen molar-refractivity contribution in [2.24, 2.45) is 0 Å². The lowest BCUT2D eigenvalue weighted by Gasteiger charge is -1.95. The van der Waals surface area contributed by atoms with E-state index in [1.807, 2.05) is 25.1 Å². The summed E-state index contributed by atoms with van der Waals surface area (Å²) in [6, 6.07) is 7.91. The number of aromatic amines is 1. The first-order valence-electron chi connectivity index (χ1n) is 4.74. The van der Waals surface area contributed by atoms with Gasteiger partial charge in [-0.05, 0) is 31.2 Å². The summed E-state index contributed by atoms with van der Waals surface area (Å²) in [7, 11) is 0. The quantitative estimate of drug-likeness (QED) is 0.729. The van der Waals surface area contributed by atoms with E-state index in [0.717, 1.165) is 28.9 Å². The van der Waals surface area contributed by atoms with Crippen LogP contribution in [0.15, 0.2) is 24.3 Å². The number of fused-ring (bicyclic) bond motifs is 1. The molecule has 3 nitrogen and oxygen atoms in total. The van der Waals surface area contributed by atoms with Crippen molar-refractivity contribution in [3.63, 3.8) is 0 Å². The van der Waals surface area contributed by atoms with E-state index in [9.17, 15) is 0 Å². The third-order valence-corrected chi connectivity index (χ3v) is 2.16. The molecular weight excluding hydrogens is 176 g/mol. The molecule has 0 aliphatic rings. The fraction of sp³-hybridized carbons (Fsp3) is 0.273. The summed E-state index contributed by atoms with van der Waals surface area (Å²) < 4.78 is 5.32. The number of hydrogen-bond donors (Lipinski definition) is 2. The maximum atomic E-state index is 5.69. The molecule has 1 heterocycles. The zero-order valence-corrected chi connectivity index (χ0v) is 8.21. The van der Waals surface area contributed by atoms with E-state index < -0.39 is 0 Å². The molecule has 0 saturated heterocycles. The normalized spacial score (nSPS) is 10.9. The predicted octanol–water partition coefficient (Wildman–Crippen LogP) is 2.29. The van der Waals surface area contributed by atoms with Crippen molar-refractivity contribution in [3.05, 3.63) is 30.0 Å². The number of anilines is 1. The van der Waals surface area contributed by atoms with Crippen LogP contribution in [0.4, 0.5) is 5.69 Å². The average Bonchev–Trinajstić information content (AvgIpc) is 2.56. The predicted molar refractivity (Wildman–Crippen MR) is 58.0 cm³/mol. The van der Waals surface area contributed by atoms with Crippen molar-refractivity contribution < 1.29 is 4.74 Å². The number of nitrogens with one attached hydrogen (secondary N) is 1. The van der Waals surface area contributed by atoms with Gasteiger partial charge in [-0.25, -0.2) is 0 Å². The van der Waals surface area contributed by atoms with Crippen LogP contribution in [0.3, 0.4) is 0 Å². The number of rotatable bonds is 3. The molecule has 2 rings (SSSR count). The van der Waals surface area contributed by atoms with Gasteiger partial charge in [-0.1, -0.05) is 0 Å². The van der Waals surface area contributed by atoms with E-state index >= 15 is 0 Å². The largest absolute Gasteiger partial charge is 0.399 e. The van der Waals surface area contributed by atoms with Crippen molar-refractivity contribution in [1.82, 2.24) is 4.98 Å². The highest BCUT2D eigenvalue weighted by atomic mass is 16.5. The Morgan fingerprint density at radius 3 is 3.00 bits per heavy atom. The summed E-state index contributed by atoms with van der Waals surface area (Å²) in [5.41, 5.74) is 8.67. The second-order valence-corrected chi connectivity index (χ2v) is 3.28. The molecule has 0 aliphatic carbocycles. The summed E-state index contributed by atoms with van der Waals surface area (Å²) in [5, 5.41) is 1.14. The molecule has 14 heavy (non-hydrogen) atoms. The maximum Gasteiger partial charge on any atom is 0.0865 e. The first-order chi connectivity index (χ1) is 6.79. The van der Waals surface area contributed by atoms with Gasteiger partial charge < -0.3 is 15.5 Å². The molecular formula is C11H14N2O. The summed E-state index contributed by atoms with van der Waals surface area (Å²) in [5.74, 6) is 0. The van der Waals surface area contributed by atoms with Crippen LogP contribution >= 0.6 is 0 Å². The van der Waals surface area contributed by atoms with Crippen LogP contribution in [0, 0.1) is 0 Å². The fourth-order valence-electron chi connectivity index (χ4n) is 1.50. The third-order valence-electron chi connectivity index (χ3n) is 2.16. The Kier molecular flexibility index (Phi) is 2.41. The number of hydrogen-bond acceptors (Lipinski definition) is 2. The van der Waals surface area contributed by atoms with Crippen LogP contribution in [0.5, 0.6) is 0 Å². The zero-order valence-electron chi connectivity index (χ0n) is 8.21. The second kappa shape index (κ2) is 3.72. The van der Waals surface area contributed by atoms with E-state index in [1.54, 1.807) is 0 Å². The molecule has 0 aliphatic heterocycles. The Morgan fingerprint density at radius 2 is 2.21 bits per heavy atom. The van der Waals surface area contributed by atoms with Crippen molar-refractivity contribution in [2.45, 2.75) is 13.5 Å². The van der Waals surface area contributed by atoms with Gasteiger partial charge in [-0.2, -0.15) is 0 Å². The minimum atomic E-state index is 0.630. The Morgan fingerprint density at radius 1 is 1.36 bits per heavy atom. The highest BCUT2D eigenvalue weighted by molar-refractivity contribution is 5.83. The molecule has 0 radical (unpaired) electrons. The fourth-order valence-corrected chi connectivity index (χ4v) is 1.50. The molecule has 0 spiro atoms. The van der Waals surface area contributed by atoms with Crippen LogP contribution in [0.2, 0.25) is 0 Å². The molecule has 2 aromatic rings. The Bertz CT molecular complexity index is 434. The van der Waals surface area contributed by atoms with E-state index in [2.05, 4.69) is 11.1 Å². The smallest absolute Gasteiger partial charge is 0.0865 e. The Hall–Kier alpha value is -1.48. The van der Waals surface area contributed by atoms with Gasteiger partial charge in [0.25, 0.3) is 0 Å². The van der Waals surface area contributed by atoms with Gasteiger partial charge in [0.1, 0.15) is 0 Å². The Labute approximate surface area is 82.9 Å². The van der Waals surface area contributed by atoms with Crippen LogP contribution < -0.4 is 5.73 Å². The van der Waals surface area contributed by atoms with Gasteiger partial charge >= 0.3 is 0 Å². The minimum Gasteiger partial charge on any atom is -0.399 e. The summed E-state index contributed by atoms with van der Waals surface area (Å²) in [4.78, 5) is 3.28. The van der Waals surface area contributed by atoms with Gasteiger partial charge in [-0.15, -0.1) is 0 Å². The molecule has 3 N–H and O–H groups in total. The lowest BCUT2D eigenvalue weighted by Crippen LogP contribution is -1.90. The average molecular weight is 190 g/mol. The molecule has 0 unspecified atom stereocenters. The molecule has 0 amide bonds. The highest BCUT2D eigenvalue weighted by Gasteiger charge is 2.00. The van der Waals surface area contributed by atoms with E-state index in [0.29, 0.717) is 6.61 Å². The van der Waals surface area contributed by atoms with Crippen molar-refractivity contribution in [2.75, 3.05) is 12.3 Å². The van der Waals surface area contributed by atoms with Gasteiger partial charge in [0.05, 0.1) is 6.61 Å². The van der Waals surface area contributed by atoms with E-state index in [4.69, 9.17) is 10.5 Å². The topological polar surface area (TPSA) is 51.0 Å². The van der Waals surface area contributed by atoms with Crippen LogP contribution in [-0.4, -0.2) is 11.6 Å². The molecule has 0 fully saturated rings. The Balaban J connectivity index is 2.32. The highest BCUT2D eigenvalue weighted by Crippen LogP contribution is 2.18. The zero-order chi connectivity index (χ0) is 9.97. The second-order valence-electron chi connectivity index (χ2n) is 3.28. The number of nitrogens with two attached hydrogens (primary N) is 1. The summed E-state index contributed by atoms with van der Waals surface area (Å²) in [6.45, 7) is 3.35. The number of ether oxygens (including phenoxy) is 1. The van der Waals surface area contributed by atoms with Crippen LogP contribution in [0.1, 0.15) is 12.6 Å². The van der Waals surface area contributed by atoms with Crippen molar-refractivity contribution in [3.8, 4) is 0 Å². The van der Waals surface area contributed by atoms with Crippen LogP contribution in [0.25, 0.3) is 10.9 Å². The van der Waals surface area contributed by atoms with E-state index in [1.165, 1.54) is 0 Å². The molecule has 0 saturated carbocycles. The van der Waals surface area contributed by atoms with Crippen molar-refractivity contribution in [1.29, 1.82) is 0 Å². The maximum absolute atomic E-state index is 5.69. The first-order valence-corrected chi connectivity index (χ1v) is 4.74. The standard InChI is InChI=1S/C11H14N2O/c1-2-14-7-10-6-8-5-9(12)3-4-11(8)13-10/h3-6,13H,2,7,12H2,1H3. The molecule has 74 valence electrons. The molecule has 1 aromatic heterocycles. The lowest BCUT2D eigenvalue weighted by molar-refractivity contribution is 0.132. The molecule has 1 aromatic carbocycles. The number of benzene rings is 1. The monoisotopic (exact) mass is 190 g/mol. The molecule has 0 atom stereocenters. The molecule has 0 bridgehead atoms. The number of nitrogen functional groups attached to an aromatic ring is 1. The van der Waals surface area contributed by atoms with E-state index in [-0.39, 0.29) is 0 Å². The van der Waals surface area contributed by atoms with Crippen molar-refractivity contribution >= 4 is 16.6 Å². The lowest BCUT2D eigenvalue weighted by atomic mass is 10.2. The van der Waals surface area contributed by atoms with Gasteiger partial charge in [-0.3, -0.25) is 0 Å². The summed E-state index contributed by atoms with van der Waals surface area (Å²) in [6.07, 6.45) is 0. The number of H-pyrrole nitrogens is 1. The van der Waals surface area contributed by atoms with Gasteiger partial charge in [0.15, 0.2) is 0 Å². The summed E-state index contributed by atoms with van der Waals surface area (Å²) >= 11 is 0. The minimum absolute atomic E-state index is 0.630. The van der Waals surface area contributed by atoms with Gasteiger partial charge in [0, 0.05) is 28.9 Å². The molecule has 3 heteroatoms. The van der Waals surface area contributed by atoms with Crippen LogP contribution in [-0.2, 0) is 11.3 Å². The number of aromatic nitrogens is 1. The van der Waals surface area contributed by atoms with Gasteiger partial charge in [0.2, 0.25) is 0 Å².